The van der Waals surface area contributed by atoms with Gasteiger partial charge >= 0.3 is 0 Å². The average Bonchev–Trinajstić information content (AvgIpc) is 2.97. The number of hydrogen-bond donors (Lipinski definition) is 1. The van der Waals surface area contributed by atoms with E-state index in [0.29, 0.717) is 25.4 Å². The van der Waals surface area contributed by atoms with Crippen LogP contribution in [-0.4, -0.2) is 68.0 Å². The van der Waals surface area contributed by atoms with Gasteiger partial charge in [0.05, 0.1) is 5.75 Å². The van der Waals surface area contributed by atoms with Crippen molar-refractivity contribution in [2.75, 3.05) is 32.4 Å². The zero-order valence-corrected chi connectivity index (χ0v) is 15.1. The van der Waals surface area contributed by atoms with Gasteiger partial charge in [-0.15, -0.1) is 12.4 Å². The van der Waals surface area contributed by atoms with E-state index >= 15 is 0 Å². The first-order valence-corrected chi connectivity index (χ1v) is 9.56. The van der Waals surface area contributed by atoms with Gasteiger partial charge in [-0.3, -0.25) is 4.79 Å². The van der Waals surface area contributed by atoms with E-state index in [1.54, 1.807) is 0 Å². The van der Waals surface area contributed by atoms with E-state index in [9.17, 15) is 13.2 Å². The van der Waals surface area contributed by atoms with Crippen LogP contribution in [0, 0.1) is 0 Å². The van der Waals surface area contributed by atoms with E-state index in [1.807, 2.05) is 18.9 Å². The van der Waals surface area contributed by atoms with Crippen LogP contribution in [0.4, 0.5) is 0 Å². The molecule has 2 heterocycles. The second kappa shape index (κ2) is 8.47. The van der Waals surface area contributed by atoms with Crippen LogP contribution in [0.3, 0.4) is 0 Å². The lowest BCUT2D eigenvalue weighted by atomic mass is 10.0. The third-order valence-electron chi connectivity index (χ3n) is 4.52. The van der Waals surface area contributed by atoms with E-state index in [0.717, 1.165) is 32.4 Å². The predicted octanol–water partition coefficient (Wildman–Crippen LogP) is 0.823. The molecule has 2 aliphatic heterocycles. The van der Waals surface area contributed by atoms with E-state index in [1.165, 1.54) is 4.31 Å². The molecule has 2 fully saturated rings. The van der Waals surface area contributed by atoms with Gasteiger partial charge in [-0.25, -0.2) is 8.42 Å². The van der Waals surface area contributed by atoms with Gasteiger partial charge in [0.2, 0.25) is 15.9 Å². The molecule has 2 saturated heterocycles. The third-order valence-corrected chi connectivity index (χ3v) is 6.60. The lowest BCUT2D eigenvalue weighted by molar-refractivity contribution is -0.135. The Hall–Kier alpha value is -0.370. The van der Waals surface area contributed by atoms with Crippen molar-refractivity contribution >= 4 is 28.3 Å². The number of nitrogens with one attached hydrogen (secondary N) is 1. The first kappa shape index (κ1) is 19.7. The second-order valence-electron chi connectivity index (χ2n) is 5.97. The van der Waals surface area contributed by atoms with Crippen LogP contribution in [0.15, 0.2) is 0 Å². The maximum absolute atomic E-state index is 12.7. The number of amides is 1. The molecule has 0 spiro atoms. The fraction of sp³-hybridized carbons (Fsp3) is 0.929. The minimum Gasteiger partial charge on any atom is -0.341 e. The number of carbonyl (C=O) groups excluding carboxylic acids is 1. The Morgan fingerprint density at radius 3 is 2.36 bits per heavy atom. The molecule has 22 heavy (non-hydrogen) atoms. The molecular formula is C14H28ClN3O3S. The highest BCUT2D eigenvalue weighted by atomic mass is 35.5. The van der Waals surface area contributed by atoms with Crippen LogP contribution in [0.2, 0.25) is 0 Å². The fourth-order valence-corrected chi connectivity index (χ4v) is 5.04. The number of carbonyl (C=O) groups is 1. The molecule has 130 valence electrons. The first-order valence-electron chi connectivity index (χ1n) is 7.95. The zero-order chi connectivity index (χ0) is 15.5. The highest BCUT2D eigenvalue weighted by molar-refractivity contribution is 7.89. The summed E-state index contributed by atoms with van der Waals surface area (Å²) in [6, 6.07) is 0.00485. The van der Waals surface area contributed by atoms with Crippen molar-refractivity contribution in [1.29, 1.82) is 0 Å². The Balaban J connectivity index is 0.00000242. The molecule has 1 atom stereocenters. The number of sulfonamides is 1. The standard InChI is InChI=1S/C14H27N3O3S.ClH/c1-3-11-21(19,20)17-8-4-5-13(17)14(18)16-9-6-12(15-2)7-10-16;/h12-13,15H,3-11H2,1-2H3;1H. The smallest absolute Gasteiger partial charge is 0.241 e. The summed E-state index contributed by atoms with van der Waals surface area (Å²) in [6.45, 7) is 3.80. The number of hydrogen-bond acceptors (Lipinski definition) is 4. The summed E-state index contributed by atoms with van der Waals surface area (Å²) in [4.78, 5) is 14.5. The summed E-state index contributed by atoms with van der Waals surface area (Å²) in [5, 5.41) is 3.24. The largest absolute Gasteiger partial charge is 0.341 e. The summed E-state index contributed by atoms with van der Waals surface area (Å²) in [7, 11) is -1.34. The van der Waals surface area contributed by atoms with Gasteiger partial charge in [0.15, 0.2) is 0 Å². The Kier molecular flexibility index (Phi) is 7.58. The second-order valence-corrected chi connectivity index (χ2v) is 8.01. The van der Waals surface area contributed by atoms with Gasteiger partial charge in [-0.2, -0.15) is 4.31 Å². The molecule has 2 aliphatic rings. The Morgan fingerprint density at radius 2 is 1.82 bits per heavy atom. The van der Waals surface area contributed by atoms with Crippen LogP contribution in [0.25, 0.3) is 0 Å². The van der Waals surface area contributed by atoms with Gasteiger partial charge in [0.25, 0.3) is 0 Å². The minimum absolute atomic E-state index is 0. The first-order chi connectivity index (χ1) is 9.99. The van der Waals surface area contributed by atoms with Crippen LogP contribution >= 0.6 is 12.4 Å². The molecular weight excluding hydrogens is 326 g/mol. The number of nitrogens with zero attached hydrogens (tertiary/aromatic N) is 2. The van der Waals surface area contributed by atoms with Gasteiger partial charge in [-0.05, 0) is 39.2 Å². The Morgan fingerprint density at radius 1 is 1.18 bits per heavy atom. The number of halogens is 1. The number of piperidine rings is 1. The lowest BCUT2D eigenvalue weighted by Gasteiger charge is -2.35. The predicted molar refractivity (Wildman–Crippen MR) is 89.7 cm³/mol. The fourth-order valence-electron chi connectivity index (χ4n) is 3.29. The summed E-state index contributed by atoms with van der Waals surface area (Å²) in [6.07, 6.45) is 3.92. The maximum atomic E-state index is 12.7. The summed E-state index contributed by atoms with van der Waals surface area (Å²) in [5.74, 6) is 0.139. The molecule has 0 aromatic carbocycles. The van der Waals surface area contributed by atoms with Crippen molar-refractivity contribution < 1.29 is 13.2 Å². The minimum atomic E-state index is -3.28. The highest BCUT2D eigenvalue weighted by Crippen LogP contribution is 2.24. The summed E-state index contributed by atoms with van der Waals surface area (Å²) in [5.41, 5.74) is 0. The number of rotatable bonds is 5. The highest BCUT2D eigenvalue weighted by Gasteiger charge is 2.40. The molecule has 1 amide bonds. The topological polar surface area (TPSA) is 69.7 Å². The van der Waals surface area contributed by atoms with Crippen molar-refractivity contribution in [3.8, 4) is 0 Å². The Labute approximate surface area is 140 Å². The summed E-state index contributed by atoms with van der Waals surface area (Å²) < 4.78 is 26.0. The van der Waals surface area contributed by atoms with E-state index in [2.05, 4.69) is 5.32 Å². The SMILES string of the molecule is CCCS(=O)(=O)N1CCCC1C(=O)N1CCC(NC)CC1.Cl. The van der Waals surface area contributed by atoms with E-state index < -0.39 is 16.1 Å². The van der Waals surface area contributed by atoms with Crippen molar-refractivity contribution in [3.05, 3.63) is 0 Å². The lowest BCUT2D eigenvalue weighted by Crippen LogP contribution is -2.51. The Bertz CT molecular complexity index is 464. The molecule has 0 aromatic rings. The van der Waals surface area contributed by atoms with Crippen molar-refractivity contribution in [3.63, 3.8) is 0 Å². The van der Waals surface area contributed by atoms with Gasteiger partial charge < -0.3 is 10.2 Å². The van der Waals surface area contributed by atoms with Gasteiger partial charge in [-0.1, -0.05) is 6.92 Å². The monoisotopic (exact) mass is 353 g/mol. The van der Waals surface area contributed by atoms with Gasteiger partial charge in [0, 0.05) is 25.7 Å². The van der Waals surface area contributed by atoms with E-state index in [-0.39, 0.29) is 24.1 Å². The molecule has 6 nitrogen and oxygen atoms in total. The van der Waals surface area contributed by atoms with Crippen molar-refractivity contribution in [2.24, 2.45) is 0 Å². The van der Waals surface area contributed by atoms with Crippen LogP contribution in [0.5, 0.6) is 0 Å². The molecule has 1 N–H and O–H groups in total. The molecule has 0 saturated carbocycles. The third kappa shape index (κ3) is 4.34. The zero-order valence-electron chi connectivity index (χ0n) is 13.5. The van der Waals surface area contributed by atoms with Crippen molar-refractivity contribution in [2.45, 2.75) is 51.1 Å². The molecule has 0 aliphatic carbocycles. The molecule has 1 unspecified atom stereocenters. The quantitative estimate of drug-likeness (QED) is 0.794. The molecule has 0 aromatic heterocycles. The molecule has 2 rings (SSSR count). The average molecular weight is 354 g/mol. The van der Waals surface area contributed by atoms with Crippen LogP contribution in [-0.2, 0) is 14.8 Å². The van der Waals surface area contributed by atoms with Gasteiger partial charge in [0.1, 0.15) is 6.04 Å². The van der Waals surface area contributed by atoms with Crippen molar-refractivity contribution in [1.82, 2.24) is 14.5 Å². The summed E-state index contributed by atoms with van der Waals surface area (Å²) >= 11 is 0. The normalized spacial score (nSPS) is 24.3. The molecule has 8 heteroatoms. The van der Waals surface area contributed by atoms with E-state index in [4.69, 9.17) is 0 Å². The molecule has 0 radical (unpaired) electrons. The maximum Gasteiger partial charge on any atom is 0.241 e. The molecule has 0 bridgehead atoms. The number of likely N-dealkylation sites (tertiary alicyclic amines) is 1. The van der Waals surface area contributed by atoms with Crippen LogP contribution < -0.4 is 5.32 Å². The van der Waals surface area contributed by atoms with Crippen LogP contribution in [0.1, 0.15) is 39.0 Å².